The number of nitrogens with two attached hydrogens (primary N) is 1. The molecule has 192 valence electrons. The predicted octanol–water partition coefficient (Wildman–Crippen LogP) is 4.37. The molecule has 1 aromatic carbocycles. The fourth-order valence-electron chi connectivity index (χ4n) is 5.67. The lowest BCUT2D eigenvalue weighted by molar-refractivity contribution is 0.186. The summed E-state index contributed by atoms with van der Waals surface area (Å²) in [6.07, 6.45) is 10.6. The Hall–Kier alpha value is -2.20. The molecular weight excluding hydrogens is 496 g/mol. The van der Waals surface area contributed by atoms with Gasteiger partial charge in [0.1, 0.15) is 10.8 Å². The highest BCUT2D eigenvalue weighted by molar-refractivity contribution is 7.99. The number of hydrogen-bond donors (Lipinski definition) is 1. The number of halogens is 1. The van der Waals surface area contributed by atoms with Crippen molar-refractivity contribution in [2.24, 2.45) is 17.1 Å². The minimum atomic E-state index is -0.149. The zero-order chi connectivity index (χ0) is 25.3. The third-order valence-electron chi connectivity index (χ3n) is 7.97. The molecule has 5 rings (SSSR count). The smallest absolute Gasteiger partial charge is 0.262 e. The van der Waals surface area contributed by atoms with Gasteiger partial charge in [-0.25, -0.2) is 15.0 Å². The number of methoxy groups -OCH3 is 1. The van der Waals surface area contributed by atoms with Crippen molar-refractivity contribution < 1.29 is 4.74 Å². The number of aromatic nitrogens is 4. The quantitative estimate of drug-likeness (QED) is 0.451. The maximum atomic E-state index is 13.0. The average Bonchev–Trinajstić information content (AvgIpc) is 3.16. The van der Waals surface area contributed by atoms with Gasteiger partial charge in [-0.15, -0.1) is 0 Å². The topological polar surface area (TPSA) is 99.2 Å². The van der Waals surface area contributed by atoms with Gasteiger partial charge < -0.3 is 15.4 Å². The fraction of sp³-hybridized carbons (Fsp3) is 0.538. The van der Waals surface area contributed by atoms with Gasteiger partial charge in [0.05, 0.1) is 34.6 Å². The summed E-state index contributed by atoms with van der Waals surface area (Å²) in [6.45, 7) is 5.31. The molecule has 0 radical (unpaired) electrons. The Kier molecular flexibility index (Phi) is 7.53. The lowest BCUT2D eigenvalue weighted by Gasteiger charge is -2.43. The van der Waals surface area contributed by atoms with Gasteiger partial charge in [0.15, 0.2) is 0 Å². The molecule has 1 saturated carbocycles. The number of rotatable bonds is 7. The number of hydrogen-bond acceptors (Lipinski definition) is 8. The normalized spacial score (nSPS) is 21.5. The molecule has 0 bridgehead atoms. The average molecular weight is 529 g/mol. The molecule has 2 N–H and O–H groups in total. The summed E-state index contributed by atoms with van der Waals surface area (Å²) in [4.78, 5) is 29.9. The van der Waals surface area contributed by atoms with E-state index in [0.717, 1.165) is 48.1 Å². The number of anilines is 1. The fourth-order valence-corrected chi connectivity index (χ4v) is 6.79. The number of fused-ring (bicyclic) bond motifs is 1. The van der Waals surface area contributed by atoms with E-state index in [-0.39, 0.29) is 5.56 Å². The van der Waals surface area contributed by atoms with Crippen molar-refractivity contribution in [2.75, 3.05) is 31.7 Å². The van der Waals surface area contributed by atoms with E-state index in [9.17, 15) is 4.79 Å². The number of benzene rings is 1. The van der Waals surface area contributed by atoms with E-state index in [1.165, 1.54) is 24.6 Å². The molecule has 2 fully saturated rings. The Labute approximate surface area is 220 Å². The van der Waals surface area contributed by atoms with Gasteiger partial charge >= 0.3 is 0 Å². The van der Waals surface area contributed by atoms with Crippen LogP contribution >= 0.6 is 23.4 Å². The minimum absolute atomic E-state index is 0.149. The first-order valence-corrected chi connectivity index (χ1v) is 13.8. The summed E-state index contributed by atoms with van der Waals surface area (Å²) in [7, 11) is 1.64. The van der Waals surface area contributed by atoms with Crippen LogP contribution < -0.4 is 16.2 Å². The van der Waals surface area contributed by atoms with Crippen LogP contribution in [-0.4, -0.2) is 52.4 Å². The van der Waals surface area contributed by atoms with Crippen LogP contribution in [0.1, 0.15) is 39.0 Å². The zero-order valence-electron chi connectivity index (χ0n) is 20.8. The third kappa shape index (κ3) is 4.86. The third-order valence-corrected chi connectivity index (χ3v) is 9.46. The van der Waals surface area contributed by atoms with Gasteiger partial charge in [-0.2, -0.15) is 0 Å². The Morgan fingerprint density at radius 1 is 1.19 bits per heavy atom. The SMILES string of the molecule is COCCCn1cnc2ccc(Sc3cnc(N4CCC5(CC[C@@H](C)[C@H]5N)CC4)cn3)c(Cl)c2c1=O. The largest absolute Gasteiger partial charge is 0.385 e. The standard InChI is InChI=1S/C26H33ClN6O2S/c1-17-6-7-26(24(17)28)8-11-32(12-9-26)20-14-30-21(15-29-20)36-19-5-4-18-22(23(19)27)25(34)33(16-31-18)10-3-13-35-2/h4-5,14-17,24H,3,6-13,28H2,1-2H3/t17-,24-/m1/s1. The van der Waals surface area contributed by atoms with Gasteiger partial charge in [-0.05, 0) is 55.6 Å². The van der Waals surface area contributed by atoms with Gasteiger partial charge in [0.2, 0.25) is 0 Å². The molecule has 1 saturated heterocycles. The van der Waals surface area contributed by atoms with Crippen LogP contribution in [0.15, 0.2) is 45.6 Å². The van der Waals surface area contributed by atoms with Crippen molar-refractivity contribution >= 4 is 40.1 Å². The maximum absolute atomic E-state index is 13.0. The van der Waals surface area contributed by atoms with Gasteiger partial charge in [0.25, 0.3) is 5.56 Å². The van der Waals surface area contributed by atoms with Crippen molar-refractivity contribution in [3.8, 4) is 0 Å². The molecule has 0 unspecified atom stereocenters. The Balaban J connectivity index is 1.29. The summed E-state index contributed by atoms with van der Waals surface area (Å²) in [5.41, 5.74) is 7.29. The van der Waals surface area contributed by atoms with Crippen molar-refractivity contribution in [2.45, 2.75) is 61.5 Å². The van der Waals surface area contributed by atoms with E-state index in [0.29, 0.717) is 46.5 Å². The van der Waals surface area contributed by atoms with Crippen molar-refractivity contribution in [1.29, 1.82) is 0 Å². The van der Waals surface area contributed by atoms with Crippen LogP contribution in [0, 0.1) is 11.3 Å². The van der Waals surface area contributed by atoms with Crippen LogP contribution in [0.25, 0.3) is 10.9 Å². The van der Waals surface area contributed by atoms with Gasteiger partial charge in [-0.1, -0.05) is 30.3 Å². The van der Waals surface area contributed by atoms with Crippen LogP contribution in [-0.2, 0) is 11.3 Å². The van der Waals surface area contributed by atoms with Crippen molar-refractivity contribution in [3.63, 3.8) is 0 Å². The van der Waals surface area contributed by atoms with E-state index in [2.05, 4.69) is 21.8 Å². The molecule has 1 aliphatic heterocycles. The molecule has 2 atom stereocenters. The molecule has 10 heteroatoms. The molecule has 2 aromatic heterocycles. The highest BCUT2D eigenvalue weighted by Gasteiger charge is 2.46. The molecule has 1 spiro atoms. The monoisotopic (exact) mass is 528 g/mol. The summed E-state index contributed by atoms with van der Waals surface area (Å²) in [6, 6.07) is 4.01. The molecule has 36 heavy (non-hydrogen) atoms. The first-order valence-electron chi connectivity index (χ1n) is 12.6. The predicted molar refractivity (Wildman–Crippen MR) is 144 cm³/mol. The van der Waals surface area contributed by atoms with Crippen LogP contribution in [0.3, 0.4) is 0 Å². The van der Waals surface area contributed by atoms with Gasteiger partial charge in [0, 0.05) is 44.3 Å². The highest BCUT2D eigenvalue weighted by Crippen LogP contribution is 2.48. The molecule has 8 nitrogen and oxygen atoms in total. The summed E-state index contributed by atoms with van der Waals surface area (Å²) in [5.74, 6) is 1.51. The first kappa shape index (κ1) is 25.4. The second kappa shape index (κ2) is 10.7. The van der Waals surface area contributed by atoms with E-state index in [1.807, 2.05) is 18.3 Å². The Bertz CT molecular complexity index is 1280. The van der Waals surface area contributed by atoms with Crippen molar-refractivity contribution in [1.82, 2.24) is 19.5 Å². The molecule has 0 amide bonds. The molecule has 1 aliphatic carbocycles. The van der Waals surface area contributed by atoms with Gasteiger partial charge in [-0.3, -0.25) is 9.36 Å². The Morgan fingerprint density at radius 2 is 2.00 bits per heavy atom. The number of ether oxygens (including phenoxy) is 1. The van der Waals surface area contributed by atoms with Crippen molar-refractivity contribution in [3.05, 3.63) is 46.2 Å². The minimum Gasteiger partial charge on any atom is -0.385 e. The van der Waals surface area contributed by atoms with Crippen LogP contribution in [0.4, 0.5) is 5.82 Å². The lowest BCUT2D eigenvalue weighted by atomic mass is 9.73. The lowest BCUT2D eigenvalue weighted by Crippen LogP contribution is -2.48. The van der Waals surface area contributed by atoms with E-state index in [4.69, 9.17) is 27.1 Å². The number of piperidine rings is 1. The molecule has 3 aromatic rings. The second-order valence-corrected chi connectivity index (χ2v) is 11.5. The first-order chi connectivity index (χ1) is 17.4. The maximum Gasteiger partial charge on any atom is 0.262 e. The molecule has 2 aliphatic rings. The molecule has 3 heterocycles. The zero-order valence-corrected chi connectivity index (χ0v) is 22.4. The van der Waals surface area contributed by atoms with E-state index < -0.39 is 0 Å². The Morgan fingerprint density at radius 3 is 2.67 bits per heavy atom. The van der Waals surface area contributed by atoms with E-state index >= 15 is 0 Å². The highest BCUT2D eigenvalue weighted by atomic mass is 35.5. The second-order valence-electron chi connectivity index (χ2n) is 10.1. The summed E-state index contributed by atoms with van der Waals surface area (Å²) in [5, 5.41) is 1.54. The molecular formula is C26H33ClN6O2S. The summed E-state index contributed by atoms with van der Waals surface area (Å²) >= 11 is 8.10. The van der Waals surface area contributed by atoms with Crippen LogP contribution in [0.2, 0.25) is 5.02 Å². The number of aryl methyl sites for hydroxylation is 1. The summed E-state index contributed by atoms with van der Waals surface area (Å²) < 4.78 is 6.67. The van der Waals surface area contributed by atoms with Crippen LogP contribution in [0.5, 0.6) is 0 Å². The van der Waals surface area contributed by atoms with E-state index in [1.54, 1.807) is 24.2 Å². The number of nitrogens with zero attached hydrogens (tertiary/aromatic N) is 5.